The molecule has 6 aromatic rings. The summed E-state index contributed by atoms with van der Waals surface area (Å²) in [5.74, 6) is -0.0461. The van der Waals surface area contributed by atoms with Crippen molar-refractivity contribution in [3.63, 3.8) is 0 Å². The summed E-state index contributed by atoms with van der Waals surface area (Å²) in [6.45, 7) is 5.72. The molecule has 0 aliphatic carbocycles. The Balaban J connectivity index is 1.10. The Kier molecular flexibility index (Phi) is 9.26. The molecule has 0 spiro atoms. The fourth-order valence-electron chi connectivity index (χ4n) is 5.56. The lowest BCUT2D eigenvalue weighted by Gasteiger charge is -2.14. The highest BCUT2D eigenvalue weighted by Crippen LogP contribution is 2.29. The Bertz CT molecular complexity index is 2160. The molecule has 48 heavy (non-hydrogen) atoms. The molecule has 0 amide bonds. The quantitative estimate of drug-likeness (QED) is 0.0967. The van der Waals surface area contributed by atoms with Crippen LogP contribution < -0.4 is 14.2 Å². The summed E-state index contributed by atoms with van der Waals surface area (Å²) in [7, 11) is 1.57. The van der Waals surface area contributed by atoms with E-state index < -0.39 is 11.8 Å². The van der Waals surface area contributed by atoms with Crippen LogP contribution in [-0.2, 0) is 9.59 Å². The van der Waals surface area contributed by atoms with Gasteiger partial charge in [0.15, 0.2) is 0 Å². The zero-order valence-electron chi connectivity index (χ0n) is 27.3. The van der Waals surface area contributed by atoms with Crippen molar-refractivity contribution in [2.75, 3.05) is 7.11 Å². The van der Waals surface area contributed by atoms with Crippen molar-refractivity contribution in [3.05, 3.63) is 143 Å². The standard InChI is InChI=1S/C42H36O6/c1-26-5-10-34-22-31(11-13-33(34)19-26)28(3)42(45)48-40-21-30(20-39(25-40)46-4)7-6-29-8-17-38(18-9-29)47-41(44)27(2)32-12-14-36-24-37(43)16-15-35(36)23-32/h5-25,27-28,43H,1-4H3/b7-6+. The highest BCUT2D eigenvalue weighted by molar-refractivity contribution is 5.88. The average molecular weight is 637 g/mol. The van der Waals surface area contributed by atoms with Crippen LogP contribution in [0.2, 0.25) is 0 Å². The van der Waals surface area contributed by atoms with Crippen LogP contribution in [0.3, 0.4) is 0 Å². The molecule has 6 rings (SSSR count). The number of carbonyl (C=O) groups is 2. The molecule has 0 aliphatic heterocycles. The minimum absolute atomic E-state index is 0.202. The topological polar surface area (TPSA) is 82.1 Å². The van der Waals surface area contributed by atoms with Crippen molar-refractivity contribution in [1.82, 2.24) is 0 Å². The largest absolute Gasteiger partial charge is 0.508 e. The molecule has 0 aliphatic rings. The van der Waals surface area contributed by atoms with Crippen LogP contribution in [-0.4, -0.2) is 24.2 Å². The van der Waals surface area contributed by atoms with Crippen LogP contribution >= 0.6 is 0 Å². The normalized spacial score (nSPS) is 12.6. The molecular formula is C42H36O6. The zero-order chi connectivity index (χ0) is 33.8. The number of rotatable bonds is 9. The molecule has 2 unspecified atom stereocenters. The molecule has 1 N–H and O–H groups in total. The summed E-state index contributed by atoms with van der Waals surface area (Å²) >= 11 is 0. The lowest BCUT2D eigenvalue weighted by atomic mass is 9.97. The van der Waals surface area contributed by atoms with E-state index in [1.54, 1.807) is 43.5 Å². The Labute approximate surface area is 279 Å². The first-order chi connectivity index (χ1) is 23.1. The third-order valence-corrected chi connectivity index (χ3v) is 8.50. The first kappa shape index (κ1) is 32.1. The van der Waals surface area contributed by atoms with E-state index in [4.69, 9.17) is 14.2 Å². The summed E-state index contributed by atoms with van der Waals surface area (Å²) in [5.41, 5.74) is 4.59. The predicted octanol–water partition coefficient (Wildman–Crippen LogP) is 9.60. The highest BCUT2D eigenvalue weighted by Gasteiger charge is 2.20. The van der Waals surface area contributed by atoms with Gasteiger partial charge >= 0.3 is 11.9 Å². The average Bonchev–Trinajstić information content (AvgIpc) is 3.10. The molecule has 2 atom stereocenters. The maximum atomic E-state index is 13.2. The van der Waals surface area contributed by atoms with Gasteiger partial charge < -0.3 is 19.3 Å². The molecule has 6 aromatic carbocycles. The van der Waals surface area contributed by atoms with Crippen LogP contribution in [0, 0.1) is 6.92 Å². The van der Waals surface area contributed by atoms with Crippen molar-refractivity contribution < 1.29 is 28.9 Å². The fourth-order valence-corrected chi connectivity index (χ4v) is 5.56. The Hall–Kier alpha value is -5.88. The van der Waals surface area contributed by atoms with Gasteiger partial charge in [-0.05, 0) is 101 Å². The molecule has 0 saturated carbocycles. The molecule has 0 heterocycles. The minimum Gasteiger partial charge on any atom is -0.508 e. The summed E-state index contributed by atoms with van der Waals surface area (Å²) in [6.07, 6.45) is 3.82. The fraction of sp³-hybridized carbons (Fsp3) is 0.143. The van der Waals surface area contributed by atoms with Gasteiger partial charge in [-0.3, -0.25) is 9.59 Å². The number of aryl methyl sites for hydroxylation is 1. The van der Waals surface area contributed by atoms with Crippen LogP contribution in [0.25, 0.3) is 33.7 Å². The smallest absolute Gasteiger partial charge is 0.318 e. The lowest BCUT2D eigenvalue weighted by molar-refractivity contribution is -0.136. The van der Waals surface area contributed by atoms with Crippen LogP contribution in [0.15, 0.2) is 115 Å². The van der Waals surface area contributed by atoms with E-state index in [0.29, 0.717) is 17.2 Å². The minimum atomic E-state index is -0.473. The first-order valence-electron chi connectivity index (χ1n) is 15.8. The summed E-state index contributed by atoms with van der Waals surface area (Å²) in [5, 5.41) is 13.8. The van der Waals surface area contributed by atoms with E-state index in [9.17, 15) is 14.7 Å². The summed E-state index contributed by atoms with van der Waals surface area (Å²) in [4.78, 5) is 26.1. The Morgan fingerprint density at radius 3 is 1.73 bits per heavy atom. The van der Waals surface area contributed by atoms with Gasteiger partial charge in [-0.15, -0.1) is 0 Å². The molecule has 0 fully saturated rings. The number of carbonyl (C=O) groups excluding carboxylic acids is 2. The SMILES string of the molecule is COc1cc(/C=C/c2ccc(OC(=O)C(C)c3ccc4cc(O)ccc4c3)cc2)cc(OC(=O)C(C)c2ccc3cc(C)ccc3c2)c1. The Morgan fingerprint density at radius 1 is 0.562 bits per heavy atom. The second kappa shape index (κ2) is 13.9. The number of hydrogen-bond donors (Lipinski definition) is 1. The molecule has 0 aromatic heterocycles. The number of phenols is 1. The molecule has 6 heteroatoms. The molecule has 0 saturated heterocycles. The van der Waals surface area contributed by atoms with Gasteiger partial charge in [0.2, 0.25) is 0 Å². The number of fused-ring (bicyclic) bond motifs is 2. The lowest BCUT2D eigenvalue weighted by Crippen LogP contribution is -2.16. The van der Waals surface area contributed by atoms with Gasteiger partial charge in [0.05, 0.1) is 18.9 Å². The van der Waals surface area contributed by atoms with Crippen molar-refractivity contribution in [2.24, 2.45) is 0 Å². The van der Waals surface area contributed by atoms with Gasteiger partial charge in [-0.2, -0.15) is 0 Å². The van der Waals surface area contributed by atoms with E-state index in [0.717, 1.165) is 43.8 Å². The third kappa shape index (κ3) is 7.39. The third-order valence-electron chi connectivity index (χ3n) is 8.50. The van der Waals surface area contributed by atoms with Crippen LogP contribution in [0.5, 0.6) is 23.0 Å². The van der Waals surface area contributed by atoms with E-state index in [1.807, 2.05) is 86.7 Å². The van der Waals surface area contributed by atoms with Crippen LogP contribution in [0.1, 0.15) is 53.5 Å². The van der Waals surface area contributed by atoms with Crippen molar-refractivity contribution >= 4 is 45.6 Å². The molecule has 0 radical (unpaired) electrons. The summed E-state index contributed by atoms with van der Waals surface area (Å²) < 4.78 is 17.0. The van der Waals surface area contributed by atoms with Crippen molar-refractivity contribution in [3.8, 4) is 23.0 Å². The number of methoxy groups -OCH3 is 1. The van der Waals surface area contributed by atoms with Crippen molar-refractivity contribution in [1.29, 1.82) is 0 Å². The number of hydrogen-bond acceptors (Lipinski definition) is 6. The first-order valence-corrected chi connectivity index (χ1v) is 15.8. The van der Waals surface area contributed by atoms with E-state index in [2.05, 4.69) is 25.1 Å². The highest BCUT2D eigenvalue weighted by atomic mass is 16.5. The van der Waals surface area contributed by atoms with E-state index in [1.165, 1.54) is 5.56 Å². The zero-order valence-corrected chi connectivity index (χ0v) is 27.3. The van der Waals surface area contributed by atoms with E-state index >= 15 is 0 Å². The van der Waals surface area contributed by atoms with Gasteiger partial charge in [-0.1, -0.05) is 90.5 Å². The van der Waals surface area contributed by atoms with Gasteiger partial charge in [0.1, 0.15) is 23.0 Å². The Morgan fingerprint density at radius 2 is 1.08 bits per heavy atom. The van der Waals surface area contributed by atoms with Gasteiger partial charge in [0, 0.05) is 6.07 Å². The molecule has 0 bridgehead atoms. The van der Waals surface area contributed by atoms with Gasteiger partial charge in [0.25, 0.3) is 0 Å². The maximum absolute atomic E-state index is 13.2. The molecular weight excluding hydrogens is 600 g/mol. The number of benzene rings is 6. The number of ether oxygens (including phenoxy) is 3. The van der Waals surface area contributed by atoms with Crippen LogP contribution in [0.4, 0.5) is 0 Å². The monoisotopic (exact) mass is 636 g/mol. The second-order valence-electron chi connectivity index (χ2n) is 12.0. The van der Waals surface area contributed by atoms with Crippen molar-refractivity contribution in [2.45, 2.75) is 32.6 Å². The summed E-state index contributed by atoms with van der Waals surface area (Å²) in [6, 6.07) is 35.7. The number of aromatic hydroxyl groups is 1. The maximum Gasteiger partial charge on any atom is 0.318 e. The number of phenolic OH excluding ortho intramolecular Hbond substituents is 1. The van der Waals surface area contributed by atoms with E-state index in [-0.39, 0.29) is 17.7 Å². The molecule has 240 valence electrons. The van der Waals surface area contributed by atoms with Gasteiger partial charge in [-0.25, -0.2) is 0 Å². The second-order valence-corrected chi connectivity index (χ2v) is 12.0. The number of esters is 2. The molecule has 6 nitrogen and oxygen atoms in total. The predicted molar refractivity (Wildman–Crippen MR) is 191 cm³/mol.